The van der Waals surface area contributed by atoms with E-state index >= 15 is 0 Å². The van der Waals surface area contributed by atoms with Gasteiger partial charge in [-0.3, -0.25) is 0 Å². The molecule has 0 spiro atoms. The fourth-order valence-corrected chi connectivity index (χ4v) is 0. The van der Waals surface area contributed by atoms with Crippen LogP contribution < -0.4 is 0 Å². The summed E-state index contributed by atoms with van der Waals surface area (Å²) in [6.07, 6.45) is 0. The molecular weight excluding hydrogens is 384 g/mol. The van der Waals surface area contributed by atoms with Crippen molar-refractivity contribution in [2.24, 2.45) is 0 Å². The molecule has 0 aromatic rings. The van der Waals surface area contributed by atoms with Gasteiger partial charge in [0.15, 0.2) is 0 Å². The van der Waals surface area contributed by atoms with E-state index in [1.54, 1.807) is 0 Å². The predicted octanol–water partition coefficient (Wildman–Crippen LogP) is 14.6. The molecule has 0 bridgehead atoms. The van der Waals surface area contributed by atoms with Crippen molar-refractivity contribution in [3.05, 3.63) is 0 Å². The van der Waals surface area contributed by atoms with Crippen LogP contribution in [0.25, 0.3) is 0 Å². The Morgan fingerprint density at radius 3 is 0.0833 bits per heavy atom. The van der Waals surface area contributed by atoms with Crippen LogP contribution in [0.5, 0.6) is 0 Å². The molecule has 0 saturated heterocycles. The van der Waals surface area contributed by atoms with Gasteiger partial charge in [-0.05, 0) is 0 Å². The maximum atomic E-state index is 0. The summed E-state index contributed by atoms with van der Waals surface area (Å²) in [6, 6.07) is 0. The maximum absolute atomic E-state index is 0. The normalized spacial score (nSPS) is 0. The summed E-state index contributed by atoms with van der Waals surface area (Å²) in [5, 5.41) is 0. The molecule has 0 aliphatic rings. The van der Waals surface area contributed by atoms with Gasteiger partial charge in [-0.25, -0.2) is 0 Å². The number of rotatable bonds is 0. The summed E-state index contributed by atoms with van der Waals surface area (Å²) in [7, 11) is 0. The molecule has 0 rings (SSSR count). The molecule has 0 aromatic carbocycles. The molecule has 0 heterocycles. The molecular formula is C23H92Ag. The first-order valence-corrected chi connectivity index (χ1v) is 0. The van der Waals surface area contributed by atoms with Gasteiger partial charge < -0.3 is 0 Å². The first-order valence-electron chi connectivity index (χ1n) is 0. The third kappa shape index (κ3) is 19600. The molecule has 0 saturated carbocycles. The molecule has 0 aliphatic heterocycles. The standard InChI is InChI=1S/23CH4.Ag/h23*1H4;. The average Bonchev–Trinajstić information content (AvgIpc) is 0. The minimum atomic E-state index is 0. The topological polar surface area (TPSA) is 0 Å². The third-order valence-corrected chi connectivity index (χ3v) is 0. The van der Waals surface area contributed by atoms with Crippen LogP contribution in [-0.4, -0.2) is 0 Å². The van der Waals surface area contributed by atoms with Crippen LogP contribution in [0.1, 0.15) is 171 Å². The van der Waals surface area contributed by atoms with E-state index in [9.17, 15) is 0 Å². The van der Waals surface area contributed by atoms with Gasteiger partial charge in [0.1, 0.15) is 0 Å². The van der Waals surface area contributed by atoms with Gasteiger partial charge in [-0.1, -0.05) is 171 Å². The molecule has 0 aromatic heterocycles. The van der Waals surface area contributed by atoms with Gasteiger partial charge in [0.05, 0.1) is 0 Å². The largest absolute Gasteiger partial charge is 0.0776 e. The van der Waals surface area contributed by atoms with E-state index in [4.69, 9.17) is 0 Å². The van der Waals surface area contributed by atoms with Gasteiger partial charge in [0.25, 0.3) is 0 Å². The zero-order valence-electron chi connectivity index (χ0n) is 0.302. The smallest absolute Gasteiger partial charge is 0 e. The fourth-order valence-electron chi connectivity index (χ4n) is 0. The zero-order chi connectivity index (χ0) is 0. The molecule has 1 heteroatoms. The van der Waals surface area contributed by atoms with Crippen LogP contribution in [0, 0.1) is 0 Å². The van der Waals surface area contributed by atoms with E-state index in [0.29, 0.717) is 0 Å². The van der Waals surface area contributed by atoms with Crippen LogP contribution in [0.4, 0.5) is 0 Å². The molecule has 0 fully saturated rings. The summed E-state index contributed by atoms with van der Waals surface area (Å²) in [5.41, 5.74) is 0. The van der Waals surface area contributed by atoms with Crippen LogP contribution in [0.15, 0.2) is 0 Å². The Morgan fingerprint density at radius 1 is 0.0833 bits per heavy atom. The van der Waals surface area contributed by atoms with Crippen LogP contribution in [-0.2, 0) is 22.4 Å². The minimum Gasteiger partial charge on any atom is -0.0776 e. The SMILES string of the molecule is C.C.C.C.C.C.C.C.C.C.C.C.C.C.C.C.C.C.C.C.C.C.C.[Ag]. The Labute approximate surface area is 193 Å². The van der Waals surface area contributed by atoms with Crippen molar-refractivity contribution >= 4 is 0 Å². The van der Waals surface area contributed by atoms with Gasteiger partial charge in [0, 0.05) is 22.4 Å². The van der Waals surface area contributed by atoms with Gasteiger partial charge in [-0.15, -0.1) is 0 Å². The Bertz CT molecular complexity index is 6.00. The first-order chi connectivity index (χ1) is 0. The first kappa shape index (κ1) is 25400. The van der Waals surface area contributed by atoms with Gasteiger partial charge in [0.2, 0.25) is 0 Å². The second-order valence-corrected chi connectivity index (χ2v) is 0. The van der Waals surface area contributed by atoms with Crippen molar-refractivity contribution in [2.45, 2.75) is 171 Å². The predicted molar refractivity (Wildman–Crippen MR) is 155 cm³/mol. The fraction of sp³-hybridized carbons (Fsp3) is 1.00. The Morgan fingerprint density at radius 2 is 0.0833 bits per heavy atom. The van der Waals surface area contributed by atoms with E-state index < -0.39 is 0 Å². The molecule has 0 amide bonds. The van der Waals surface area contributed by atoms with Crippen molar-refractivity contribution in [3.63, 3.8) is 0 Å². The summed E-state index contributed by atoms with van der Waals surface area (Å²) >= 11 is 0. The van der Waals surface area contributed by atoms with Crippen LogP contribution in [0.2, 0.25) is 0 Å². The van der Waals surface area contributed by atoms with Crippen LogP contribution >= 0.6 is 0 Å². The van der Waals surface area contributed by atoms with Crippen molar-refractivity contribution < 1.29 is 22.4 Å². The number of hydrogen-bond donors (Lipinski definition) is 0. The monoisotopic (exact) mass is 476 g/mol. The molecule has 0 unspecified atom stereocenters. The van der Waals surface area contributed by atoms with E-state index in [2.05, 4.69) is 0 Å². The average molecular weight is 477 g/mol. The summed E-state index contributed by atoms with van der Waals surface area (Å²) < 4.78 is 0. The number of hydrogen-bond acceptors (Lipinski definition) is 0. The van der Waals surface area contributed by atoms with E-state index in [1.807, 2.05) is 0 Å². The molecule has 0 nitrogen and oxygen atoms in total. The van der Waals surface area contributed by atoms with Gasteiger partial charge in [-0.2, -0.15) is 0 Å². The van der Waals surface area contributed by atoms with E-state index in [1.165, 1.54) is 0 Å². The Balaban J connectivity index is 0. The molecule has 24 heavy (non-hydrogen) atoms. The molecule has 195 valence electrons. The van der Waals surface area contributed by atoms with Crippen molar-refractivity contribution in [1.82, 2.24) is 0 Å². The van der Waals surface area contributed by atoms with Gasteiger partial charge >= 0.3 is 0 Å². The van der Waals surface area contributed by atoms with Crippen LogP contribution in [0.3, 0.4) is 0 Å². The summed E-state index contributed by atoms with van der Waals surface area (Å²) in [6.45, 7) is 0. The second-order valence-electron chi connectivity index (χ2n) is 0. The Kier molecular flexibility index (Phi) is 23800000. The molecule has 0 atom stereocenters. The molecule has 0 N–H and O–H groups in total. The molecule has 0 aliphatic carbocycles. The zero-order valence-corrected chi connectivity index (χ0v) is 1.78. The molecule has 1 radical (unpaired) electrons. The maximum Gasteiger partial charge on any atom is 0 e. The third-order valence-electron chi connectivity index (χ3n) is 0. The van der Waals surface area contributed by atoms with Crippen molar-refractivity contribution in [1.29, 1.82) is 0 Å². The minimum absolute atomic E-state index is 0. The quantitative estimate of drug-likeness (QED) is 0.305. The Hall–Kier alpha value is 0.740. The second kappa shape index (κ2) is 22400. The van der Waals surface area contributed by atoms with Crippen molar-refractivity contribution in [3.8, 4) is 0 Å². The van der Waals surface area contributed by atoms with Crippen molar-refractivity contribution in [2.75, 3.05) is 0 Å². The van der Waals surface area contributed by atoms with E-state index in [0.717, 1.165) is 0 Å². The van der Waals surface area contributed by atoms with E-state index in [-0.39, 0.29) is 193 Å². The summed E-state index contributed by atoms with van der Waals surface area (Å²) in [4.78, 5) is 0. The summed E-state index contributed by atoms with van der Waals surface area (Å²) in [5.74, 6) is 0.